The van der Waals surface area contributed by atoms with Crippen LogP contribution in [-0.2, 0) is 18.6 Å². The third-order valence-corrected chi connectivity index (χ3v) is 6.00. The van der Waals surface area contributed by atoms with Crippen LogP contribution in [0.5, 0.6) is 0 Å². The molecule has 0 bridgehead atoms. The van der Waals surface area contributed by atoms with Crippen LogP contribution in [0.1, 0.15) is 31.7 Å². The second-order valence-corrected chi connectivity index (χ2v) is 7.79. The molecule has 0 spiro atoms. The third-order valence-electron chi connectivity index (χ3n) is 6.00. The maximum Gasteiger partial charge on any atom is 2.00 e. The second kappa shape index (κ2) is 10.2. The van der Waals surface area contributed by atoms with Crippen LogP contribution < -0.4 is 10.2 Å². The number of anilines is 1. The minimum absolute atomic E-state index is 0. The molecule has 157 valence electrons. The number of rotatable bonds is 2. The fraction of sp³-hybridized carbons (Fsp3) is 0.391. The van der Waals surface area contributed by atoms with Gasteiger partial charge in [-0.25, -0.2) is 0 Å². The molecule has 1 N–H and O–H groups in total. The Kier molecular flexibility index (Phi) is 7.17. The van der Waals surface area contributed by atoms with Gasteiger partial charge < -0.3 is 29.7 Å². The Labute approximate surface area is 194 Å². The Balaban J connectivity index is 0.000000156. The van der Waals surface area contributed by atoms with E-state index in [4.69, 9.17) is 0 Å². The summed E-state index contributed by atoms with van der Waals surface area (Å²) in [5, 5.41) is 5.62. The number of hydrogen-bond donors (Lipinski definition) is 1. The van der Waals surface area contributed by atoms with Gasteiger partial charge in [0.25, 0.3) is 0 Å². The van der Waals surface area contributed by atoms with Crippen molar-refractivity contribution in [3.8, 4) is 0 Å². The predicted molar refractivity (Wildman–Crippen MR) is 117 cm³/mol. The van der Waals surface area contributed by atoms with E-state index in [9.17, 15) is 0 Å². The van der Waals surface area contributed by atoms with E-state index in [2.05, 4.69) is 53.3 Å². The number of aromatic nitrogens is 5. The van der Waals surface area contributed by atoms with E-state index in [0.717, 1.165) is 37.2 Å². The number of piperazine rings is 1. The van der Waals surface area contributed by atoms with Gasteiger partial charge in [0.05, 0.1) is 11.7 Å². The van der Waals surface area contributed by atoms with Gasteiger partial charge in [-0.15, -0.1) is 6.07 Å². The van der Waals surface area contributed by atoms with Gasteiger partial charge in [0, 0.05) is 50.4 Å². The van der Waals surface area contributed by atoms with Crippen LogP contribution in [0.4, 0.5) is 5.69 Å². The van der Waals surface area contributed by atoms with Crippen molar-refractivity contribution in [2.45, 2.75) is 31.7 Å². The Morgan fingerprint density at radius 3 is 2.58 bits per heavy atom. The SMILES string of the molecule is [V+2].[c-]1ccc(N2CCNCC2)cn1.[c-]1ncc2c3ccncc3n(C3CCCC3)c2n1. The molecule has 1 aliphatic carbocycles. The summed E-state index contributed by atoms with van der Waals surface area (Å²) >= 11 is 0. The molecule has 8 heteroatoms. The van der Waals surface area contributed by atoms with Crippen LogP contribution in [0.3, 0.4) is 0 Å². The molecular weight excluding hydrogens is 425 g/mol. The molecule has 7 nitrogen and oxygen atoms in total. The summed E-state index contributed by atoms with van der Waals surface area (Å²) in [6.07, 6.45) is 18.1. The molecule has 2 fully saturated rings. The quantitative estimate of drug-likeness (QED) is 0.473. The fourth-order valence-corrected chi connectivity index (χ4v) is 4.54. The molecule has 0 unspecified atom stereocenters. The molecule has 0 aromatic carbocycles. The number of nitrogens with zero attached hydrogens (tertiary/aromatic N) is 6. The van der Waals surface area contributed by atoms with E-state index < -0.39 is 0 Å². The van der Waals surface area contributed by atoms with E-state index in [1.54, 1.807) is 0 Å². The van der Waals surface area contributed by atoms with Crippen molar-refractivity contribution in [3.63, 3.8) is 0 Å². The zero-order valence-electron chi connectivity index (χ0n) is 17.4. The molecule has 0 atom stereocenters. The summed E-state index contributed by atoms with van der Waals surface area (Å²) in [6, 6.07) is 6.51. The molecule has 4 aromatic rings. The van der Waals surface area contributed by atoms with E-state index in [-0.39, 0.29) is 18.6 Å². The summed E-state index contributed by atoms with van der Waals surface area (Å²) in [5.74, 6) is 0. The van der Waals surface area contributed by atoms with Gasteiger partial charge in [-0.1, -0.05) is 42.5 Å². The fourth-order valence-electron chi connectivity index (χ4n) is 4.54. The zero-order valence-corrected chi connectivity index (χ0v) is 18.8. The molecule has 1 aliphatic heterocycles. The van der Waals surface area contributed by atoms with Crippen molar-refractivity contribution in [3.05, 3.63) is 55.5 Å². The first-order valence-electron chi connectivity index (χ1n) is 10.7. The zero-order chi connectivity index (χ0) is 20.2. The maximum atomic E-state index is 4.36. The van der Waals surface area contributed by atoms with E-state index >= 15 is 0 Å². The van der Waals surface area contributed by atoms with Gasteiger partial charge in [0.1, 0.15) is 0 Å². The van der Waals surface area contributed by atoms with Gasteiger partial charge in [-0.3, -0.25) is 4.98 Å². The van der Waals surface area contributed by atoms with Crippen LogP contribution in [0.25, 0.3) is 21.9 Å². The van der Waals surface area contributed by atoms with Gasteiger partial charge in [0.2, 0.25) is 0 Å². The van der Waals surface area contributed by atoms with Crippen molar-refractivity contribution in [2.75, 3.05) is 31.1 Å². The minimum Gasteiger partial charge on any atom is -0.392 e. The number of pyridine rings is 2. The summed E-state index contributed by atoms with van der Waals surface area (Å²) in [5.41, 5.74) is 3.38. The molecule has 2 aliphatic rings. The molecule has 1 radical (unpaired) electrons. The average molecular weight is 450 g/mol. The van der Waals surface area contributed by atoms with Crippen molar-refractivity contribution < 1.29 is 18.6 Å². The number of fused-ring (bicyclic) bond motifs is 3. The predicted octanol–water partition coefficient (Wildman–Crippen LogP) is 3.18. The molecular formula is C23H25N7V. The molecule has 0 amide bonds. The maximum absolute atomic E-state index is 4.36. The van der Waals surface area contributed by atoms with Crippen LogP contribution in [0.2, 0.25) is 0 Å². The second-order valence-electron chi connectivity index (χ2n) is 7.79. The van der Waals surface area contributed by atoms with Gasteiger partial charge in [-0.05, 0) is 24.3 Å². The Morgan fingerprint density at radius 1 is 0.968 bits per heavy atom. The summed E-state index contributed by atoms with van der Waals surface area (Å²) in [7, 11) is 0. The largest absolute Gasteiger partial charge is 2.00 e. The van der Waals surface area contributed by atoms with Crippen molar-refractivity contribution in [2.24, 2.45) is 0 Å². The van der Waals surface area contributed by atoms with Crippen LogP contribution in [0, 0.1) is 12.5 Å². The first kappa shape index (κ1) is 21.7. The molecule has 4 aromatic heterocycles. The molecule has 1 saturated heterocycles. The average Bonchev–Trinajstić information content (AvgIpc) is 3.47. The van der Waals surface area contributed by atoms with Crippen molar-refractivity contribution >= 4 is 27.6 Å². The van der Waals surface area contributed by atoms with Crippen LogP contribution >= 0.6 is 0 Å². The van der Waals surface area contributed by atoms with Crippen molar-refractivity contribution in [1.29, 1.82) is 0 Å². The van der Waals surface area contributed by atoms with E-state index in [0.29, 0.717) is 6.04 Å². The molecule has 6 rings (SSSR count). The first-order chi connectivity index (χ1) is 14.9. The smallest absolute Gasteiger partial charge is 0.392 e. The van der Waals surface area contributed by atoms with E-state index in [1.165, 1.54) is 42.3 Å². The Bertz CT molecular complexity index is 1050. The summed E-state index contributed by atoms with van der Waals surface area (Å²) in [4.78, 5) is 19.0. The Hall–Kier alpha value is -2.48. The Morgan fingerprint density at radius 2 is 1.81 bits per heavy atom. The van der Waals surface area contributed by atoms with Gasteiger partial charge in [0.15, 0.2) is 0 Å². The molecule has 31 heavy (non-hydrogen) atoms. The number of hydrogen-bond acceptors (Lipinski definition) is 6. The normalized spacial score (nSPS) is 16.7. The van der Waals surface area contributed by atoms with Crippen molar-refractivity contribution in [1.82, 2.24) is 29.8 Å². The summed E-state index contributed by atoms with van der Waals surface area (Å²) in [6.45, 7) is 4.29. The standard InChI is InChI=1S/C14H13N4.C9H12N3.V/c1-2-4-10(3-1)18-13-8-15-6-5-11(13)12-7-16-9-17-14(12)18;1-2-9(8-11-3-1)12-6-4-10-5-7-12;/h5-8,10H,1-4H2;1-2,8,10H,4-7H2;/q2*-1;+2. The van der Waals surface area contributed by atoms with Gasteiger partial charge in [-0.2, -0.15) is 6.07 Å². The monoisotopic (exact) mass is 450 g/mol. The van der Waals surface area contributed by atoms with Gasteiger partial charge >= 0.3 is 18.6 Å². The van der Waals surface area contributed by atoms with Crippen LogP contribution in [-0.4, -0.2) is 50.7 Å². The third kappa shape index (κ3) is 4.59. The first-order valence-corrected chi connectivity index (χ1v) is 10.7. The molecule has 1 saturated carbocycles. The van der Waals surface area contributed by atoms with Crippen LogP contribution in [0.15, 0.2) is 43.0 Å². The topological polar surface area (TPSA) is 71.8 Å². The minimum atomic E-state index is 0. The number of nitrogens with one attached hydrogen (secondary N) is 1. The summed E-state index contributed by atoms with van der Waals surface area (Å²) < 4.78 is 2.34. The molecule has 5 heterocycles. The van der Waals surface area contributed by atoms with E-state index in [1.807, 2.05) is 36.9 Å².